The van der Waals surface area contributed by atoms with Gasteiger partial charge < -0.3 is 4.74 Å². The van der Waals surface area contributed by atoms with Gasteiger partial charge in [-0.05, 0) is 36.1 Å². The van der Waals surface area contributed by atoms with E-state index in [1.165, 1.54) is 0 Å². The van der Waals surface area contributed by atoms with Crippen molar-refractivity contribution in [3.8, 4) is 5.75 Å². The molecular formula is C12H15F3O. The molecule has 0 saturated carbocycles. The molecule has 0 aliphatic heterocycles. The summed E-state index contributed by atoms with van der Waals surface area (Å²) >= 11 is 0. The quantitative estimate of drug-likeness (QED) is 0.763. The number of rotatable bonds is 3. The van der Waals surface area contributed by atoms with Gasteiger partial charge in [0.25, 0.3) is 0 Å². The van der Waals surface area contributed by atoms with Crippen LogP contribution in [0.4, 0.5) is 13.2 Å². The first-order valence-electron chi connectivity index (χ1n) is 5.09. The fourth-order valence-electron chi connectivity index (χ4n) is 1.50. The van der Waals surface area contributed by atoms with E-state index in [2.05, 4.69) is 0 Å². The summed E-state index contributed by atoms with van der Waals surface area (Å²) in [6, 6.07) is 5.01. The van der Waals surface area contributed by atoms with Gasteiger partial charge in [-0.3, -0.25) is 0 Å². The Bertz CT molecular complexity index is 356. The monoisotopic (exact) mass is 232 g/mol. The van der Waals surface area contributed by atoms with Gasteiger partial charge in [0.2, 0.25) is 0 Å². The van der Waals surface area contributed by atoms with E-state index in [1.807, 2.05) is 20.8 Å². The van der Waals surface area contributed by atoms with Gasteiger partial charge in [0.15, 0.2) is 6.61 Å². The fraction of sp³-hybridized carbons (Fsp3) is 0.500. The van der Waals surface area contributed by atoms with E-state index >= 15 is 0 Å². The predicted octanol–water partition coefficient (Wildman–Crippen LogP) is 4.06. The molecule has 0 bridgehead atoms. The van der Waals surface area contributed by atoms with Crippen LogP contribution in [-0.4, -0.2) is 12.8 Å². The number of ether oxygens (including phenoxy) is 1. The molecule has 0 amide bonds. The van der Waals surface area contributed by atoms with E-state index in [9.17, 15) is 13.2 Å². The Kier molecular flexibility index (Phi) is 3.83. The zero-order valence-corrected chi connectivity index (χ0v) is 9.56. The van der Waals surface area contributed by atoms with Crippen LogP contribution in [0, 0.1) is 6.92 Å². The van der Waals surface area contributed by atoms with Crippen molar-refractivity contribution < 1.29 is 17.9 Å². The van der Waals surface area contributed by atoms with Crippen LogP contribution in [-0.2, 0) is 0 Å². The molecule has 1 aromatic rings. The zero-order valence-electron chi connectivity index (χ0n) is 9.56. The standard InChI is InChI=1S/C12H15F3O/c1-8(2)11-6-10(5-4-9(11)3)16-7-12(13,14)15/h4-6,8H,7H2,1-3H3. The van der Waals surface area contributed by atoms with E-state index in [-0.39, 0.29) is 11.7 Å². The highest BCUT2D eigenvalue weighted by molar-refractivity contribution is 5.36. The molecule has 0 atom stereocenters. The molecule has 16 heavy (non-hydrogen) atoms. The second kappa shape index (κ2) is 4.76. The minimum Gasteiger partial charge on any atom is -0.484 e. The smallest absolute Gasteiger partial charge is 0.422 e. The fourth-order valence-corrected chi connectivity index (χ4v) is 1.50. The van der Waals surface area contributed by atoms with Crippen LogP contribution < -0.4 is 4.74 Å². The van der Waals surface area contributed by atoms with Crippen molar-refractivity contribution in [2.24, 2.45) is 0 Å². The normalized spacial score (nSPS) is 11.9. The van der Waals surface area contributed by atoms with Crippen molar-refractivity contribution in [1.82, 2.24) is 0 Å². The lowest BCUT2D eigenvalue weighted by atomic mass is 9.98. The third-order valence-corrected chi connectivity index (χ3v) is 2.28. The van der Waals surface area contributed by atoms with Gasteiger partial charge in [-0.15, -0.1) is 0 Å². The summed E-state index contributed by atoms with van der Waals surface area (Å²) < 4.78 is 40.6. The SMILES string of the molecule is Cc1ccc(OCC(F)(F)F)cc1C(C)C. The lowest BCUT2D eigenvalue weighted by Crippen LogP contribution is -2.19. The summed E-state index contributed by atoms with van der Waals surface area (Å²) in [6.45, 7) is 4.68. The Labute approximate surface area is 93.2 Å². The van der Waals surface area contributed by atoms with E-state index in [0.717, 1.165) is 11.1 Å². The van der Waals surface area contributed by atoms with Crippen molar-refractivity contribution in [3.63, 3.8) is 0 Å². The summed E-state index contributed by atoms with van der Waals surface area (Å²) in [5, 5.41) is 0. The average Bonchev–Trinajstić information content (AvgIpc) is 2.14. The van der Waals surface area contributed by atoms with Crippen molar-refractivity contribution in [1.29, 1.82) is 0 Å². The highest BCUT2D eigenvalue weighted by atomic mass is 19.4. The van der Waals surface area contributed by atoms with Gasteiger partial charge in [-0.25, -0.2) is 0 Å². The molecule has 90 valence electrons. The third kappa shape index (κ3) is 3.76. The molecule has 0 unspecified atom stereocenters. The molecule has 4 heteroatoms. The molecule has 0 heterocycles. The maximum Gasteiger partial charge on any atom is 0.422 e. The van der Waals surface area contributed by atoms with Gasteiger partial charge in [0.1, 0.15) is 5.75 Å². The van der Waals surface area contributed by atoms with Crippen LogP contribution in [0.5, 0.6) is 5.75 Å². The van der Waals surface area contributed by atoms with Gasteiger partial charge in [0, 0.05) is 0 Å². The number of benzene rings is 1. The lowest BCUT2D eigenvalue weighted by Gasteiger charge is -2.13. The highest BCUT2D eigenvalue weighted by Gasteiger charge is 2.28. The number of alkyl halides is 3. The van der Waals surface area contributed by atoms with Crippen LogP contribution in [0.2, 0.25) is 0 Å². The van der Waals surface area contributed by atoms with Crippen LogP contribution in [0.25, 0.3) is 0 Å². The second-order valence-corrected chi connectivity index (χ2v) is 4.08. The van der Waals surface area contributed by atoms with E-state index < -0.39 is 12.8 Å². The maximum absolute atomic E-state index is 12.0. The summed E-state index contributed by atoms with van der Waals surface area (Å²) in [6.07, 6.45) is -4.29. The molecule has 1 nitrogen and oxygen atoms in total. The van der Waals surface area contributed by atoms with Gasteiger partial charge >= 0.3 is 6.18 Å². The number of halogens is 3. The third-order valence-electron chi connectivity index (χ3n) is 2.28. The van der Waals surface area contributed by atoms with Gasteiger partial charge in [-0.2, -0.15) is 13.2 Å². The highest BCUT2D eigenvalue weighted by Crippen LogP contribution is 2.25. The Morgan fingerprint density at radius 3 is 2.38 bits per heavy atom. The average molecular weight is 232 g/mol. The largest absolute Gasteiger partial charge is 0.484 e. The zero-order chi connectivity index (χ0) is 12.3. The molecule has 0 saturated heterocycles. The Morgan fingerprint density at radius 2 is 1.88 bits per heavy atom. The Balaban J connectivity index is 2.79. The summed E-state index contributed by atoms with van der Waals surface area (Å²) in [5.74, 6) is 0.543. The summed E-state index contributed by atoms with van der Waals surface area (Å²) in [7, 11) is 0. The minimum absolute atomic E-state index is 0.270. The number of hydrogen-bond acceptors (Lipinski definition) is 1. The van der Waals surface area contributed by atoms with Crippen LogP contribution in [0.3, 0.4) is 0 Å². The summed E-state index contributed by atoms with van der Waals surface area (Å²) in [5.41, 5.74) is 2.08. The predicted molar refractivity (Wildman–Crippen MR) is 56.8 cm³/mol. The first kappa shape index (κ1) is 12.9. The molecule has 0 aliphatic rings. The van der Waals surface area contributed by atoms with Gasteiger partial charge in [0.05, 0.1) is 0 Å². The minimum atomic E-state index is -4.29. The topological polar surface area (TPSA) is 9.23 Å². The molecule has 1 aromatic carbocycles. The van der Waals surface area contributed by atoms with Crippen LogP contribution in [0.15, 0.2) is 18.2 Å². The Morgan fingerprint density at radius 1 is 1.25 bits per heavy atom. The molecule has 1 rings (SSSR count). The van der Waals surface area contributed by atoms with Crippen molar-refractivity contribution in [2.75, 3.05) is 6.61 Å². The first-order valence-corrected chi connectivity index (χ1v) is 5.09. The van der Waals surface area contributed by atoms with Crippen molar-refractivity contribution in [3.05, 3.63) is 29.3 Å². The second-order valence-electron chi connectivity index (χ2n) is 4.08. The van der Waals surface area contributed by atoms with Crippen LogP contribution in [0.1, 0.15) is 30.9 Å². The van der Waals surface area contributed by atoms with Crippen molar-refractivity contribution in [2.45, 2.75) is 32.9 Å². The molecule has 0 spiro atoms. The summed E-state index contributed by atoms with van der Waals surface area (Å²) in [4.78, 5) is 0. The molecule has 0 aromatic heterocycles. The Hall–Kier alpha value is -1.19. The molecular weight excluding hydrogens is 217 g/mol. The van der Waals surface area contributed by atoms with Crippen molar-refractivity contribution >= 4 is 0 Å². The number of hydrogen-bond donors (Lipinski definition) is 0. The first-order chi connectivity index (χ1) is 7.29. The van der Waals surface area contributed by atoms with Gasteiger partial charge in [-0.1, -0.05) is 19.9 Å². The molecule has 0 fully saturated rings. The molecule has 0 aliphatic carbocycles. The van der Waals surface area contributed by atoms with E-state index in [4.69, 9.17) is 4.74 Å². The molecule has 0 radical (unpaired) electrons. The van der Waals surface area contributed by atoms with E-state index in [1.54, 1.807) is 18.2 Å². The maximum atomic E-state index is 12.0. The number of aryl methyl sites for hydroxylation is 1. The molecule has 0 N–H and O–H groups in total. The lowest BCUT2D eigenvalue weighted by molar-refractivity contribution is -0.153. The van der Waals surface area contributed by atoms with Crippen LogP contribution >= 0.6 is 0 Å². The van der Waals surface area contributed by atoms with E-state index in [0.29, 0.717) is 0 Å².